The molecule has 0 bridgehead atoms. The highest BCUT2D eigenvalue weighted by molar-refractivity contribution is 5.51. The molecule has 1 aliphatic heterocycles. The molecule has 16 heavy (non-hydrogen) atoms. The molecule has 0 saturated carbocycles. The van der Waals surface area contributed by atoms with Gasteiger partial charge in [-0.2, -0.15) is 0 Å². The van der Waals surface area contributed by atoms with Crippen molar-refractivity contribution in [3.8, 4) is 11.5 Å². The summed E-state index contributed by atoms with van der Waals surface area (Å²) in [4.78, 5) is 4.43. The van der Waals surface area contributed by atoms with Crippen molar-refractivity contribution in [2.45, 2.75) is 32.4 Å². The average Bonchev–Trinajstić information content (AvgIpc) is 2.84. The first-order chi connectivity index (χ1) is 7.74. The van der Waals surface area contributed by atoms with Crippen LogP contribution in [0.2, 0.25) is 0 Å². The third-order valence-electron chi connectivity index (χ3n) is 2.97. The summed E-state index contributed by atoms with van der Waals surface area (Å²) >= 11 is 0. The van der Waals surface area contributed by atoms with Gasteiger partial charge in [0.25, 0.3) is 0 Å². The summed E-state index contributed by atoms with van der Waals surface area (Å²) in [5.41, 5.74) is 0.809. The Bertz CT molecular complexity index is 513. The molecule has 1 atom stereocenters. The van der Waals surface area contributed by atoms with Crippen molar-refractivity contribution < 1.29 is 9.52 Å². The van der Waals surface area contributed by atoms with Crippen LogP contribution >= 0.6 is 0 Å². The van der Waals surface area contributed by atoms with Gasteiger partial charge in [-0.3, -0.25) is 0 Å². The Hall–Kier alpha value is -1.55. The smallest absolute Gasteiger partial charge is 0.154 e. The van der Waals surface area contributed by atoms with Gasteiger partial charge in [-0.1, -0.05) is 0 Å². The zero-order valence-electron chi connectivity index (χ0n) is 9.18. The number of hydrogen-bond acceptors (Lipinski definition) is 3. The molecule has 0 saturated heterocycles. The maximum atomic E-state index is 9.81. The highest BCUT2D eigenvalue weighted by Gasteiger charge is 2.21. The van der Waals surface area contributed by atoms with Gasteiger partial charge < -0.3 is 14.1 Å². The molecule has 0 amide bonds. The number of aromatic nitrogens is 2. The Balaban J connectivity index is 2.04. The van der Waals surface area contributed by atoms with Crippen molar-refractivity contribution >= 4 is 0 Å². The van der Waals surface area contributed by atoms with Gasteiger partial charge >= 0.3 is 0 Å². The van der Waals surface area contributed by atoms with Crippen LogP contribution < -0.4 is 0 Å². The fraction of sp³-hybridized carbons (Fsp3) is 0.417. The lowest BCUT2D eigenvalue weighted by Crippen LogP contribution is -2.14. The number of hydrogen-bond donors (Lipinski definition) is 1. The van der Waals surface area contributed by atoms with E-state index in [1.54, 1.807) is 0 Å². The van der Waals surface area contributed by atoms with Gasteiger partial charge in [0, 0.05) is 12.7 Å². The second-order valence-corrected chi connectivity index (χ2v) is 4.25. The lowest BCUT2D eigenvalue weighted by Gasteiger charge is -2.18. The third-order valence-corrected chi connectivity index (χ3v) is 2.97. The predicted octanol–water partition coefficient (Wildman–Crippen LogP) is 2.28. The number of nitrogens with zero attached hydrogens (tertiary/aromatic N) is 2. The Morgan fingerprint density at radius 1 is 1.50 bits per heavy atom. The quantitative estimate of drug-likeness (QED) is 0.798. The van der Waals surface area contributed by atoms with Crippen molar-refractivity contribution in [2.24, 2.45) is 0 Å². The van der Waals surface area contributed by atoms with Crippen LogP contribution in [-0.4, -0.2) is 14.7 Å². The first-order valence-electron chi connectivity index (χ1n) is 5.56. The van der Waals surface area contributed by atoms with Crippen LogP contribution in [-0.2, 0) is 6.54 Å². The normalized spacial score (nSPS) is 19.8. The maximum absolute atomic E-state index is 9.81. The van der Waals surface area contributed by atoms with E-state index in [1.165, 1.54) is 0 Å². The predicted molar refractivity (Wildman–Crippen MR) is 58.9 cm³/mol. The molecule has 0 fully saturated rings. The molecule has 0 radical (unpaired) electrons. The molecular formula is C12H14N2O2. The SMILES string of the molecule is Cc1ccc(-c2cn3c(n2)[C@H](O)CCC3)o1. The minimum absolute atomic E-state index is 0.432. The monoisotopic (exact) mass is 218 g/mol. The van der Waals surface area contributed by atoms with Crippen molar-refractivity contribution in [1.82, 2.24) is 9.55 Å². The highest BCUT2D eigenvalue weighted by atomic mass is 16.3. The second kappa shape index (κ2) is 3.49. The van der Waals surface area contributed by atoms with Crippen LogP contribution in [0.25, 0.3) is 11.5 Å². The molecule has 4 heteroatoms. The van der Waals surface area contributed by atoms with Crippen LogP contribution in [0, 0.1) is 6.92 Å². The largest absolute Gasteiger partial charge is 0.460 e. The maximum Gasteiger partial charge on any atom is 0.154 e. The average molecular weight is 218 g/mol. The van der Waals surface area contributed by atoms with E-state index in [1.807, 2.05) is 29.8 Å². The van der Waals surface area contributed by atoms with Crippen LogP contribution in [0.3, 0.4) is 0 Å². The minimum atomic E-state index is -0.432. The lowest BCUT2D eigenvalue weighted by atomic mass is 10.1. The summed E-state index contributed by atoms with van der Waals surface area (Å²) in [6.45, 7) is 2.84. The third kappa shape index (κ3) is 1.46. The summed E-state index contributed by atoms with van der Waals surface area (Å²) in [6.07, 6.45) is 3.32. The highest BCUT2D eigenvalue weighted by Crippen LogP contribution is 2.28. The van der Waals surface area contributed by atoms with Gasteiger partial charge in [0.15, 0.2) is 5.76 Å². The fourth-order valence-corrected chi connectivity index (χ4v) is 2.15. The molecule has 3 rings (SSSR count). The molecule has 4 nitrogen and oxygen atoms in total. The number of rotatable bonds is 1. The molecule has 3 heterocycles. The van der Waals surface area contributed by atoms with Crippen LogP contribution in [0.1, 0.15) is 30.5 Å². The van der Waals surface area contributed by atoms with E-state index in [2.05, 4.69) is 4.98 Å². The van der Waals surface area contributed by atoms with Crippen LogP contribution in [0.4, 0.5) is 0 Å². The Labute approximate surface area is 93.5 Å². The van der Waals surface area contributed by atoms with Gasteiger partial charge in [0.05, 0.1) is 0 Å². The summed E-state index contributed by atoms with van der Waals surface area (Å²) < 4.78 is 7.54. The van der Waals surface area contributed by atoms with Gasteiger partial charge in [0.1, 0.15) is 23.4 Å². The molecule has 0 unspecified atom stereocenters. The standard InChI is InChI=1S/C12H14N2O2/c1-8-4-5-11(16-8)9-7-14-6-2-3-10(15)12(14)13-9/h4-5,7,10,15H,2-3,6H2,1H3/t10-/m1/s1. The number of furan rings is 1. The molecular weight excluding hydrogens is 204 g/mol. The molecule has 0 spiro atoms. The summed E-state index contributed by atoms with van der Waals surface area (Å²) in [5.74, 6) is 2.41. The van der Waals surface area contributed by atoms with Gasteiger partial charge in [-0.15, -0.1) is 0 Å². The summed E-state index contributed by atoms with van der Waals surface area (Å²) in [6, 6.07) is 3.83. The Morgan fingerprint density at radius 2 is 2.38 bits per heavy atom. The molecule has 1 aliphatic rings. The zero-order valence-corrected chi connectivity index (χ0v) is 9.18. The van der Waals surface area contributed by atoms with E-state index in [0.29, 0.717) is 0 Å². The van der Waals surface area contributed by atoms with Crippen molar-refractivity contribution in [2.75, 3.05) is 0 Å². The zero-order chi connectivity index (χ0) is 11.1. The number of aliphatic hydroxyl groups is 1. The first-order valence-corrected chi connectivity index (χ1v) is 5.56. The number of aryl methyl sites for hydroxylation is 2. The minimum Gasteiger partial charge on any atom is -0.460 e. The van der Waals surface area contributed by atoms with Gasteiger partial charge in [-0.25, -0.2) is 4.98 Å². The van der Waals surface area contributed by atoms with Crippen molar-refractivity contribution in [3.63, 3.8) is 0 Å². The van der Waals surface area contributed by atoms with E-state index < -0.39 is 6.10 Å². The summed E-state index contributed by atoms with van der Waals surface area (Å²) in [7, 11) is 0. The molecule has 0 aromatic carbocycles. The fourth-order valence-electron chi connectivity index (χ4n) is 2.15. The lowest BCUT2D eigenvalue weighted by molar-refractivity contribution is 0.134. The summed E-state index contributed by atoms with van der Waals surface area (Å²) in [5, 5.41) is 9.81. The number of fused-ring (bicyclic) bond motifs is 1. The molecule has 84 valence electrons. The molecule has 1 N–H and O–H groups in total. The van der Waals surface area contributed by atoms with Gasteiger partial charge in [0.2, 0.25) is 0 Å². The first kappa shape index (κ1) is 9.66. The van der Waals surface area contributed by atoms with E-state index in [-0.39, 0.29) is 0 Å². The molecule has 2 aromatic rings. The van der Waals surface area contributed by atoms with Gasteiger partial charge in [-0.05, 0) is 31.9 Å². The van der Waals surface area contributed by atoms with Crippen LogP contribution in [0.15, 0.2) is 22.7 Å². The second-order valence-electron chi connectivity index (χ2n) is 4.25. The molecule has 0 aliphatic carbocycles. The molecule has 2 aromatic heterocycles. The van der Waals surface area contributed by atoms with Crippen LogP contribution in [0.5, 0.6) is 0 Å². The number of aliphatic hydroxyl groups excluding tert-OH is 1. The topological polar surface area (TPSA) is 51.2 Å². The Morgan fingerprint density at radius 3 is 3.06 bits per heavy atom. The van der Waals surface area contributed by atoms with E-state index in [0.717, 1.165) is 42.4 Å². The Kier molecular flexibility index (Phi) is 2.11. The van der Waals surface area contributed by atoms with Crippen molar-refractivity contribution in [1.29, 1.82) is 0 Å². The number of imidazole rings is 1. The van der Waals surface area contributed by atoms with E-state index in [4.69, 9.17) is 4.42 Å². The van der Waals surface area contributed by atoms with E-state index >= 15 is 0 Å². The van der Waals surface area contributed by atoms with E-state index in [9.17, 15) is 5.11 Å². The van der Waals surface area contributed by atoms with Crippen molar-refractivity contribution in [3.05, 3.63) is 29.9 Å².